The number of ether oxygens (including phenoxy) is 3. The molecule has 25 heavy (non-hydrogen) atoms. The summed E-state index contributed by atoms with van der Waals surface area (Å²) in [7, 11) is 0. The van der Waals surface area contributed by atoms with Crippen LogP contribution in [-0.4, -0.2) is 62.7 Å². The van der Waals surface area contributed by atoms with Crippen LogP contribution in [0.3, 0.4) is 0 Å². The molecule has 2 rings (SSSR count). The molecule has 0 N–H and O–H groups in total. The van der Waals surface area contributed by atoms with E-state index in [9.17, 15) is 18.0 Å². The van der Waals surface area contributed by atoms with Crippen molar-refractivity contribution in [2.75, 3.05) is 39.5 Å². The van der Waals surface area contributed by atoms with Gasteiger partial charge >= 0.3 is 12.1 Å². The molecule has 0 amide bonds. The standard InChI is InChI=1S/C17H22F3NO4/c18-17(19,20)13-23-8-6-16(22)25-12-15-11-21(7-9-24-15)10-14-4-2-1-3-5-14/h1-5,15H,6-13H2. The predicted octanol–water partition coefficient (Wildman–Crippen LogP) is 2.40. The Balaban J connectivity index is 1.62. The van der Waals surface area contributed by atoms with Crippen molar-refractivity contribution in [1.29, 1.82) is 0 Å². The van der Waals surface area contributed by atoms with Crippen molar-refractivity contribution in [3.63, 3.8) is 0 Å². The first kappa shape index (κ1) is 19.7. The predicted molar refractivity (Wildman–Crippen MR) is 83.9 cm³/mol. The number of hydrogen-bond acceptors (Lipinski definition) is 5. The summed E-state index contributed by atoms with van der Waals surface area (Å²) in [5.74, 6) is -0.592. The van der Waals surface area contributed by atoms with Crippen LogP contribution in [0, 0.1) is 0 Å². The zero-order chi connectivity index (χ0) is 18.1. The van der Waals surface area contributed by atoms with E-state index in [1.54, 1.807) is 0 Å². The second-order valence-electron chi connectivity index (χ2n) is 5.81. The number of morpholine rings is 1. The fraction of sp³-hybridized carbons (Fsp3) is 0.588. The minimum atomic E-state index is -4.39. The van der Waals surface area contributed by atoms with E-state index in [1.807, 2.05) is 30.3 Å². The van der Waals surface area contributed by atoms with Gasteiger partial charge in [0, 0.05) is 19.6 Å². The first-order chi connectivity index (χ1) is 11.9. The third-order valence-electron chi connectivity index (χ3n) is 3.62. The van der Waals surface area contributed by atoms with Gasteiger partial charge in [0.2, 0.25) is 0 Å². The molecule has 1 aromatic rings. The Morgan fingerprint density at radius 1 is 1.28 bits per heavy atom. The molecule has 140 valence electrons. The lowest BCUT2D eigenvalue weighted by Gasteiger charge is -2.32. The quantitative estimate of drug-likeness (QED) is 0.526. The maximum atomic E-state index is 11.9. The highest BCUT2D eigenvalue weighted by atomic mass is 19.4. The van der Waals surface area contributed by atoms with E-state index in [-0.39, 0.29) is 25.7 Å². The Morgan fingerprint density at radius 2 is 2.04 bits per heavy atom. The second-order valence-corrected chi connectivity index (χ2v) is 5.81. The lowest BCUT2D eigenvalue weighted by molar-refractivity contribution is -0.177. The topological polar surface area (TPSA) is 48.0 Å². The summed E-state index contributed by atoms with van der Waals surface area (Å²) in [4.78, 5) is 13.7. The summed E-state index contributed by atoms with van der Waals surface area (Å²) in [5, 5.41) is 0. The highest BCUT2D eigenvalue weighted by Gasteiger charge is 2.27. The highest BCUT2D eigenvalue weighted by molar-refractivity contribution is 5.69. The Labute approximate surface area is 144 Å². The van der Waals surface area contributed by atoms with Gasteiger partial charge < -0.3 is 14.2 Å². The smallest absolute Gasteiger partial charge is 0.411 e. The number of rotatable bonds is 8. The molecule has 0 aromatic heterocycles. The summed E-state index contributed by atoms with van der Waals surface area (Å²) in [6.07, 6.45) is -4.84. The maximum Gasteiger partial charge on any atom is 0.411 e. The third-order valence-corrected chi connectivity index (χ3v) is 3.62. The van der Waals surface area contributed by atoms with Gasteiger partial charge in [-0.2, -0.15) is 13.2 Å². The van der Waals surface area contributed by atoms with Gasteiger partial charge in [-0.1, -0.05) is 30.3 Å². The van der Waals surface area contributed by atoms with Gasteiger partial charge in [0.1, 0.15) is 19.3 Å². The third kappa shape index (κ3) is 8.33. The number of esters is 1. The second kappa shape index (κ2) is 9.74. The van der Waals surface area contributed by atoms with Crippen LogP contribution in [0.25, 0.3) is 0 Å². The zero-order valence-corrected chi connectivity index (χ0v) is 13.8. The van der Waals surface area contributed by atoms with E-state index >= 15 is 0 Å². The molecular weight excluding hydrogens is 339 g/mol. The van der Waals surface area contributed by atoms with Crippen molar-refractivity contribution < 1.29 is 32.2 Å². The summed E-state index contributed by atoms with van der Waals surface area (Å²) >= 11 is 0. The molecule has 0 bridgehead atoms. The Hall–Kier alpha value is -1.64. The molecular formula is C17H22F3NO4. The van der Waals surface area contributed by atoms with Crippen LogP contribution in [0.4, 0.5) is 13.2 Å². The van der Waals surface area contributed by atoms with Crippen LogP contribution < -0.4 is 0 Å². The molecule has 1 atom stereocenters. The molecule has 1 aliphatic rings. The van der Waals surface area contributed by atoms with E-state index in [0.29, 0.717) is 13.2 Å². The van der Waals surface area contributed by atoms with Crippen molar-refractivity contribution >= 4 is 5.97 Å². The molecule has 1 aromatic carbocycles. The van der Waals surface area contributed by atoms with Crippen LogP contribution in [0.2, 0.25) is 0 Å². The van der Waals surface area contributed by atoms with Gasteiger partial charge in [0.15, 0.2) is 0 Å². The molecule has 0 saturated carbocycles. The molecule has 8 heteroatoms. The first-order valence-corrected chi connectivity index (χ1v) is 8.10. The van der Waals surface area contributed by atoms with Crippen LogP contribution in [0.1, 0.15) is 12.0 Å². The lowest BCUT2D eigenvalue weighted by Crippen LogP contribution is -2.44. The molecule has 1 saturated heterocycles. The molecule has 1 heterocycles. The monoisotopic (exact) mass is 361 g/mol. The molecule has 1 aliphatic heterocycles. The number of halogens is 3. The van der Waals surface area contributed by atoms with Gasteiger partial charge in [-0.25, -0.2) is 0 Å². The minimum absolute atomic E-state index is 0.0867. The molecule has 5 nitrogen and oxygen atoms in total. The van der Waals surface area contributed by atoms with Crippen molar-refractivity contribution in [2.24, 2.45) is 0 Å². The fourth-order valence-electron chi connectivity index (χ4n) is 2.47. The van der Waals surface area contributed by atoms with Crippen LogP contribution >= 0.6 is 0 Å². The first-order valence-electron chi connectivity index (χ1n) is 8.10. The Morgan fingerprint density at radius 3 is 2.76 bits per heavy atom. The number of carbonyl (C=O) groups excluding carboxylic acids is 1. The molecule has 1 unspecified atom stereocenters. The number of carbonyl (C=O) groups is 1. The lowest BCUT2D eigenvalue weighted by atomic mass is 10.2. The highest BCUT2D eigenvalue weighted by Crippen LogP contribution is 2.14. The molecule has 0 aliphatic carbocycles. The van der Waals surface area contributed by atoms with Gasteiger partial charge in [0.25, 0.3) is 0 Å². The molecule has 1 fully saturated rings. The SMILES string of the molecule is O=C(CCOCC(F)(F)F)OCC1CN(Cc2ccccc2)CCO1. The van der Waals surface area contributed by atoms with E-state index in [2.05, 4.69) is 9.64 Å². The van der Waals surface area contributed by atoms with E-state index < -0.39 is 18.8 Å². The van der Waals surface area contributed by atoms with Crippen molar-refractivity contribution in [1.82, 2.24) is 4.90 Å². The van der Waals surface area contributed by atoms with Crippen LogP contribution in [0.5, 0.6) is 0 Å². The van der Waals surface area contributed by atoms with E-state index in [4.69, 9.17) is 9.47 Å². The summed E-state index contributed by atoms with van der Waals surface area (Å²) in [5.41, 5.74) is 1.20. The van der Waals surface area contributed by atoms with Gasteiger partial charge in [-0.15, -0.1) is 0 Å². The summed E-state index contributed by atoms with van der Waals surface area (Å²) in [6.45, 7) is 1.18. The largest absolute Gasteiger partial charge is 0.463 e. The number of hydrogen-bond donors (Lipinski definition) is 0. The minimum Gasteiger partial charge on any atom is -0.463 e. The molecule has 0 radical (unpaired) electrons. The summed E-state index contributed by atoms with van der Waals surface area (Å²) < 4.78 is 50.7. The van der Waals surface area contributed by atoms with E-state index in [1.165, 1.54) is 5.56 Å². The number of alkyl halides is 3. The zero-order valence-electron chi connectivity index (χ0n) is 13.8. The van der Waals surface area contributed by atoms with Crippen LogP contribution in [-0.2, 0) is 25.5 Å². The fourth-order valence-corrected chi connectivity index (χ4v) is 2.47. The Bertz CT molecular complexity index is 524. The van der Waals surface area contributed by atoms with Crippen molar-refractivity contribution in [2.45, 2.75) is 25.2 Å². The Kier molecular flexibility index (Phi) is 7.67. The van der Waals surface area contributed by atoms with Gasteiger partial charge in [-0.05, 0) is 5.56 Å². The van der Waals surface area contributed by atoms with Gasteiger partial charge in [-0.3, -0.25) is 9.69 Å². The average Bonchev–Trinajstić information content (AvgIpc) is 2.57. The van der Waals surface area contributed by atoms with Gasteiger partial charge in [0.05, 0.1) is 19.6 Å². The number of benzene rings is 1. The van der Waals surface area contributed by atoms with Crippen LogP contribution in [0.15, 0.2) is 30.3 Å². The normalized spacial score (nSPS) is 18.9. The van der Waals surface area contributed by atoms with E-state index in [0.717, 1.165) is 13.1 Å². The van der Waals surface area contributed by atoms with Crippen molar-refractivity contribution in [3.8, 4) is 0 Å². The maximum absolute atomic E-state index is 11.9. The summed E-state index contributed by atoms with van der Waals surface area (Å²) in [6, 6.07) is 10.0. The average molecular weight is 361 g/mol. The number of nitrogens with zero attached hydrogens (tertiary/aromatic N) is 1. The van der Waals surface area contributed by atoms with Crippen molar-refractivity contribution in [3.05, 3.63) is 35.9 Å². The molecule has 0 spiro atoms.